The standard InChI is InChI=1S/C12H23NO/c1-11(2,3)10-4-7-13-12(10)5-8-14-9-6-12/h10,13H,4-9H2,1-3H3/t10-/m0/s1. The van der Waals surface area contributed by atoms with Gasteiger partial charge in [-0.15, -0.1) is 0 Å². The van der Waals surface area contributed by atoms with Crippen molar-refractivity contribution >= 4 is 0 Å². The highest BCUT2D eigenvalue weighted by Crippen LogP contribution is 2.45. The molecule has 0 amide bonds. The van der Waals surface area contributed by atoms with E-state index in [1.807, 2.05) is 0 Å². The highest BCUT2D eigenvalue weighted by atomic mass is 16.5. The molecule has 2 aliphatic heterocycles. The highest BCUT2D eigenvalue weighted by Gasteiger charge is 2.48. The van der Waals surface area contributed by atoms with E-state index < -0.39 is 0 Å². The van der Waals surface area contributed by atoms with Gasteiger partial charge >= 0.3 is 0 Å². The largest absolute Gasteiger partial charge is 0.381 e. The number of hydrogen-bond donors (Lipinski definition) is 1. The molecule has 2 aliphatic rings. The summed E-state index contributed by atoms with van der Waals surface area (Å²) >= 11 is 0. The fourth-order valence-electron chi connectivity index (χ4n) is 3.39. The summed E-state index contributed by atoms with van der Waals surface area (Å²) in [7, 11) is 0. The average molecular weight is 197 g/mol. The lowest BCUT2D eigenvalue weighted by Gasteiger charge is -2.44. The lowest BCUT2D eigenvalue weighted by atomic mass is 9.66. The van der Waals surface area contributed by atoms with Crippen molar-refractivity contribution in [2.75, 3.05) is 19.8 Å². The molecule has 1 spiro atoms. The van der Waals surface area contributed by atoms with Crippen molar-refractivity contribution in [1.82, 2.24) is 5.32 Å². The summed E-state index contributed by atoms with van der Waals surface area (Å²) in [6.45, 7) is 10.2. The monoisotopic (exact) mass is 197 g/mol. The highest BCUT2D eigenvalue weighted by molar-refractivity contribution is 5.04. The van der Waals surface area contributed by atoms with E-state index in [4.69, 9.17) is 4.74 Å². The average Bonchev–Trinajstić information content (AvgIpc) is 2.49. The van der Waals surface area contributed by atoms with E-state index in [0.29, 0.717) is 11.0 Å². The van der Waals surface area contributed by atoms with Crippen molar-refractivity contribution in [3.8, 4) is 0 Å². The zero-order chi connectivity index (χ0) is 10.2. The molecule has 1 atom stereocenters. The summed E-state index contributed by atoms with van der Waals surface area (Å²) in [5, 5.41) is 3.75. The van der Waals surface area contributed by atoms with Crippen LogP contribution in [0.2, 0.25) is 0 Å². The zero-order valence-corrected chi connectivity index (χ0v) is 9.73. The van der Waals surface area contributed by atoms with Gasteiger partial charge in [-0.2, -0.15) is 0 Å². The fraction of sp³-hybridized carbons (Fsp3) is 1.00. The summed E-state index contributed by atoms with van der Waals surface area (Å²) < 4.78 is 5.48. The van der Waals surface area contributed by atoms with Gasteiger partial charge in [0, 0.05) is 18.8 Å². The molecule has 0 radical (unpaired) electrons. The van der Waals surface area contributed by atoms with Crippen LogP contribution in [0.15, 0.2) is 0 Å². The molecule has 0 bridgehead atoms. The van der Waals surface area contributed by atoms with E-state index in [9.17, 15) is 0 Å². The lowest BCUT2D eigenvalue weighted by molar-refractivity contribution is 0.00404. The molecule has 0 saturated carbocycles. The zero-order valence-electron chi connectivity index (χ0n) is 9.73. The molecule has 2 rings (SSSR count). The Morgan fingerprint density at radius 1 is 1.21 bits per heavy atom. The molecule has 2 heterocycles. The Bertz CT molecular complexity index is 201. The van der Waals surface area contributed by atoms with Crippen molar-refractivity contribution in [3.05, 3.63) is 0 Å². The number of nitrogens with one attached hydrogen (secondary N) is 1. The third-order valence-corrected chi connectivity index (χ3v) is 4.01. The topological polar surface area (TPSA) is 21.3 Å². The normalized spacial score (nSPS) is 32.4. The van der Waals surface area contributed by atoms with E-state index in [-0.39, 0.29) is 0 Å². The van der Waals surface area contributed by atoms with Crippen LogP contribution in [-0.4, -0.2) is 25.3 Å². The molecular formula is C12H23NO. The van der Waals surface area contributed by atoms with E-state index in [1.165, 1.54) is 25.8 Å². The molecule has 0 aromatic rings. The molecule has 0 aromatic heterocycles. The van der Waals surface area contributed by atoms with Crippen LogP contribution in [0.5, 0.6) is 0 Å². The van der Waals surface area contributed by atoms with Gasteiger partial charge < -0.3 is 10.1 Å². The van der Waals surface area contributed by atoms with E-state index >= 15 is 0 Å². The molecule has 0 unspecified atom stereocenters. The van der Waals surface area contributed by atoms with Gasteiger partial charge in [0.2, 0.25) is 0 Å². The van der Waals surface area contributed by atoms with Crippen molar-refractivity contribution in [1.29, 1.82) is 0 Å². The van der Waals surface area contributed by atoms with Gasteiger partial charge in [-0.1, -0.05) is 20.8 Å². The summed E-state index contributed by atoms with van der Waals surface area (Å²) in [5.41, 5.74) is 0.831. The van der Waals surface area contributed by atoms with Gasteiger partial charge in [-0.3, -0.25) is 0 Å². The fourth-order valence-corrected chi connectivity index (χ4v) is 3.39. The molecule has 2 nitrogen and oxygen atoms in total. The van der Waals surface area contributed by atoms with Gasteiger partial charge in [-0.05, 0) is 37.1 Å². The lowest BCUT2D eigenvalue weighted by Crippen LogP contribution is -2.52. The molecule has 1 N–H and O–H groups in total. The first kappa shape index (κ1) is 10.4. The SMILES string of the molecule is CC(C)(C)[C@@H]1CCNC12CCOCC2. The Morgan fingerprint density at radius 2 is 1.86 bits per heavy atom. The van der Waals surface area contributed by atoms with Crippen molar-refractivity contribution in [2.45, 2.75) is 45.6 Å². The minimum Gasteiger partial charge on any atom is -0.381 e. The van der Waals surface area contributed by atoms with Gasteiger partial charge in [0.05, 0.1) is 0 Å². The first-order valence-corrected chi connectivity index (χ1v) is 5.87. The third-order valence-electron chi connectivity index (χ3n) is 4.01. The Morgan fingerprint density at radius 3 is 2.43 bits per heavy atom. The maximum atomic E-state index is 5.48. The second-order valence-electron chi connectivity index (χ2n) is 5.90. The molecule has 0 aliphatic carbocycles. The summed E-state index contributed by atoms with van der Waals surface area (Å²) in [6.07, 6.45) is 3.74. The summed E-state index contributed by atoms with van der Waals surface area (Å²) in [6, 6.07) is 0. The van der Waals surface area contributed by atoms with Crippen molar-refractivity contribution in [2.24, 2.45) is 11.3 Å². The third kappa shape index (κ3) is 1.70. The van der Waals surface area contributed by atoms with Crippen LogP contribution >= 0.6 is 0 Å². The van der Waals surface area contributed by atoms with Gasteiger partial charge in [0.25, 0.3) is 0 Å². The minimum atomic E-state index is 0.399. The maximum absolute atomic E-state index is 5.48. The molecule has 82 valence electrons. The predicted molar refractivity (Wildman–Crippen MR) is 58.3 cm³/mol. The van der Waals surface area contributed by atoms with E-state index in [0.717, 1.165) is 19.1 Å². The minimum absolute atomic E-state index is 0.399. The second kappa shape index (κ2) is 3.49. The quantitative estimate of drug-likeness (QED) is 0.643. The summed E-state index contributed by atoms with van der Waals surface area (Å²) in [4.78, 5) is 0. The predicted octanol–water partition coefficient (Wildman–Crippen LogP) is 2.19. The molecular weight excluding hydrogens is 174 g/mol. The van der Waals surface area contributed by atoms with Crippen LogP contribution in [0, 0.1) is 11.3 Å². The first-order valence-electron chi connectivity index (χ1n) is 5.87. The van der Waals surface area contributed by atoms with E-state index in [2.05, 4.69) is 26.1 Å². The number of rotatable bonds is 0. The van der Waals surface area contributed by atoms with Gasteiger partial charge in [0.15, 0.2) is 0 Å². The number of ether oxygens (including phenoxy) is 1. The van der Waals surface area contributed by atoms with Crippen LogP contribution in [0.4, 0.5) is 0 Å². The van der Waals surface area contributed by atoms with Crippen LogP contribution in [0.25, 0.3) is 0 Å². The van der Waals surface area contributed by atoms with Crippen LogP contribution in [0.1, 0.15) is 40.0 Å². The maximum Gasteiger partial charge on any atom is 0.0483 e. The second-order valence-corrected chi connectivity index (χ2v) is 5.90. The molecule has 0 aromatic carbocycles. The molecule has 2 saturated heterocycles. The Balaban J connectivity index is 2.16. The Kier molecular flexibility index (Phi) is 2.61. The summed E-state index contributed by atoms with van der Waals surface area (Å²) in [5.74, 6) is 0.818. The van der Waals surface area contributed by atoms with Crippen LogP contribution in [-0.2, 0) is 4.74 Å². The van der Waals surface area contributed by atoms with Crippen molar-refractivity contribution in [3.63, 3.8) is 0 Å². The first-order chi connectivity index (χ1) is 6.55. The van der Waals surface area contributed by atoms with Crippen molar-refractivity contribution < 1.29 is 4.74 Å². The Labute approximate surface area is 87.4 Å². The van der Waals surface area contributed by atoms with Crippen LogP contribution < -0.4 is 5.32 Å². The smallest absolute Gasteiger partial charge is 0.0483 e. The molecule has 2 fully saturated rings. The van der Waals surface area contributed by atoms with Crippen LogP contribution in [0.3, 0.4) is 0 Å². The molecule has 2 heteroatoms. The molecule has 14 heavy (non-hydrogen) atoms. The van der Waals surface area contributed by atoms with Gasteiger partial charge in [0.1, 0.15) is 0 Å². The van der Waals surface area contributed by atoms with E-state index in [1.54, 1.807) is 0 Å². The Hall–Kier alpha value is -0.0800. The van der Waals surface area contributed by atoms with Gasteiger partial charge in [-0.25, -0.2) is 0 Å². The number of hydrogen-bond acceptors (Lipinski definition) is 2.